The van der Waals surface area contributed by atoms with Crippen LogP contribution in [-0.2, 0) is 0 Å². The van der Waals surface area contributed by atoms with E-state index in [4.69, 9.17) is 0 Å². The molecule has 1 heterocycles. The number of rotatable bonds is 2. The molecular weight excluding hydrogens is 140 g/mol. The topological polar surface area (TPSA) is 0 Å². The van der Waals surface area contributed by atoms with Crippen LogP contribution < -0.4 is 0 Å². The van der Waals surface area contributed by atoms with Gasteiger partial charge in [0, 0.05) is 11.0 Å². The van der Waals surface area contributed by atoms with Crippen LogP contribution in [0.5, 0.6) is 0 Å². The van der Waals surface area contributed by atoms with Gasteiger partial charge in [-0.05, 0) is 11.8 Å². The lowest BCUT2D eigenvalue weighted by Crippen LogP contribution is -2.11. The molecule has 0 nitrogen and oxygen atoms in total. The van der Waals surface area contributed by atoms with Crippen LogP contribution in [0.3, 0.4) is 0 Å². The van der Waals surface area contributed by atoms with Gasteiger partial charge < -0.3 is 0 Å². The van der Waals surface area contributed by atoms with Crippen LogP contribution >= 0.6 is 11.8 Å². The molecule has 0 saturated carbocycles. The Morgan fingerprint density at radius 3 is 2.50 bits per heavy atom. The molecule has 0 N–H and O–H groups in total. The van der Waals surface area contributed by atoms with Crippen LogP contribution in [0.25, 0.3) is 0 Å². The van der Waals surface area contributed by atoms with Crippen LogP contribution in [0, 0.1) is 11.8 Å². The van der Waals surface area contributed by atoms with Gasteiger partial charge in [-0.25, -0.2) is 0 Å². The Balaban J connectivity index is 2.61. The molecule has 2 unspecified atom stereocenters. The molecule has 1 aliphatic rings. The molecule has 56 valence electrons. The lowest BCUT2D eigenvalue weighted by molar-refractivity contribution is 0.546. The summed E-state index contributed by atoms with van der Waals surface area (Å²) in [7, 11) is 0. The Morgan fingerprint density at radius 2 is 2.10 bits per heavy atom. The molecule has 0 aliphatic carbocycles. The molecule has 0 amide bonds. The highest BCUT2D eigenvalue weighted by Crippen LogP contribution is 2.37. The highest BCUT2D eigenvalue weighted by molar-refractivity contribution is 8.00. The maximum atomic E-state index is 3.83. The van der Waals surface area contributed by atoms with Gasteiger partial charge in [-0.1, -0.05) is 19.1 Å². The fourth-order valence-corrected chi connectivity index (χ4v) is 2.84. The minimum Gasteiger partial charge on any atom is -0.158 e. The molecule has 0 radical (unpaired) electrons. The van der Waals surface area contributed by atoms with Gasteiger partial charge in [0.2, 0.25) is 0 Å². The van der Waals surface area contributed by atoms with Crippen LogP contribution in [0.1, 0.15) is 6.92 Å². The first-order valence-corrected chi connectivity index (χ1v) is 4.71. The van der Waals surface area contributed by atoms with Gasteiger partial charge in [0.05, 0.1) is 0 Å². The normalized spacial score (nSPS) is 39.5. The SMILES string of the molecule is C=CC1C(C)SC[C@@H]1C=C. The third-order valence-corrected chi connectivity index (χ3v) is 3.58. The summed E-state index contributed by atoms with van der Waals surface area (Å²) in [6.45, 7) is 9.91. The van der Waals surface area contributed by atoms with Gasteiger partial charge >= 0.3 is 0 Å². The fourth-order valence-electron chi connectivity index (χ4n) is 1.42. The number of hydrogen-bond acceptors (Lipinski definition) is 1. The van der Waals surface area contributed by atoms with E-state index in [1.807, 2.05) is 11.8 Å². The predicted molar refractivity (Wildman–Crippen MR) is 49.3 cm³/mol. The average Bonchev–Trinajstić information content (AvgIpc) is 2.30. The van der Waals surface area contributed by atoms with Gasteiger partial charge in [-0.15, -0.1) is 13.2 Å². The monoisotopic (exact) mass is 154 g/mol. The van der Waals surface area contributed by atoms with Gasteiger partial charge in [0.15, 0.2) is 0 Å². The van der Waals surface area contributed by atoms with Crippen molar-refractivity contribution in [2.75, 3.05) is 5.75 Å². The quantitative estimate of drug-likeness (QED) is 0.551. The Bertz CT molecular complexity index is 140. The third-order valence-electron chi connectivity index (χ3n) is 2.16. The van der Waals surface area contributed by atoms with E-state index in [2.05, 4.69) is 32.2 Å². The molecule has 0 bridgehead atoms. The number of allylic oxidation sites excluding steroid dienone is 2. The van der Waals surface area contributed by atoms with Crippen molar-refractivity contribution in [1.29, 1.82) is 0 Å². The third kappa shape index (κ3) is 1.29. The Morgan fingerprint density at radius 1 is 1.40 bits per heavy atom. The minimum atomic E-state index is 0.655. The van der Waals surface area contributed by atoms with Crippen molar-refractivity contribution in [2.24, 2.45) is 11.8 Å². The summed E-state index contributed by atoms with van der Waals surface area (Å²) in [6, 6.07) is 0. The summed E-state index contributed by atoms with van der Waals surface area (Å²) in [4.78, 5) is 0. The first-order valence-electron chi connectivity index (χ1n) is 3.66. The van der Waals surface area contributed by atoms with E-state index in [9.17, 15) is 0 Å². The predicted octanol–water partition coefficient (Wildman–Crippen LogP) is 2.73. The minimum absolute atomic E-state index is 0.655. The summed E-state index contributed by atoms with van der Waals surface area (Å²) >= 11 is 2.02. The molecule has 1 saturated heterocycles. The van der Waals surface area contributed by atoms with Crippen molar-refractivity contribution in [1.82, 2.24) is 0 Å². The van der Waals surface area contributed by atoms with Crippen LogP contribution in [0.15, 0.2) is 25.3 Å². The second kappa shape index (κ2) is 3.29. The van der Waals surface area contributed by atoms with Crippen molar-refractivity contribution < 1.29 is 0 Å². The standard InChI is InChI=1S/C9H14S/c1-4-8-6-10-7(3)9(8)5-2/h4-5,7-9H,1-2,6H2,3H3/t7?,8-,9?/m0/s1. The zero-order chi connectivity index (χ0) is 7.56. The largest absolute Gasteiger partial charge is 0.158 e. The highest BCUT2D eigenvalue weighted by atomic mass is 32.2. The smallest absolute Gasteiger partial charge is 0.00875 e. The maximum absolute atomic E-state index is 3.83. The molecule has 3 atom stereocenters. The van der Waals surface area contributed by atoms with E-state index < -0.39 is 0 Å². The van der Waals surface area contributed by atoms with E-state index in [1.165, 1.54) is 5.75 Å². The van der Waals surface area contributed by atoms with Gasteiger partial charge in [-0.3, -0.25) is 0 Å². The summed E-state index contributed by atoms with van der Waals surface area (Å²) in [5.41, 5.74) is 0. The van der Waals surface area contributed by atoms with Crippen molar-refractivity contribution in [3.05, 3.63) is 25.3 Å². The average molecular weight is 154 g/mol. The lowest BCUT2D eigenvalue weighted by Gasteiger charge is -2.13. The Hall–Kier alpha value is -0.170. The molecule has 0 spiro atoms. The maximum Gasteiger partial charge on any atom is 0.00875 e. The zero-order valence-electron chi connectivity index (χ0n) is 6.42. The molecular formula is C9H14S. The summed E-state index contributed by atoms with van der Waals surface area (Å²) in [6.07, 6.45) is 4.12. The van der Waals surface area contributed by atoms with Crippen molar-refractivity contribution in [3.63, 3.8) is 0 Å². The molecule has 1 fully saturated rings. The Kier molecular flexibility index (Phi) is 2.61. The van der Waals surface area contributed by atoms with Gasteiger partial charge in [0.1, 0.15) is 0 Å². The summed E-state index contributed by atoms with van der Waals surface area (Å²) < 4.78 is 0. The van der Waals surface area contributed by atoms with E-state index in [0.29, 0.717) is 11.8 Å². The zero-order valence-corrected chi connectivity index (χ0v) is 7.23. The second-order valence-corrected chi connectivity index (χ2v) is 4.16. The number of hydrogen-bond donors (Lipinski definition) is 0. The molecule has 0 aromatic rings. The van der Waals surface area contributed by atoms with E-state index in [0.717, 1.165) is 5.25 Å². The lowest BCUT2D eigenvalue weighted by atomic mass is 9.92. The fraction of sp³-hybridized carbons (Fsp3) is 0.556. The molecule has 1 aliphatic heterocycles. The second-order valence-electron chi connectivity index (χ2n) is 2.75. The van der Waals surface area contributed by atoms with Crippen LogP contribution in [0.2, 0.25) is 0 Å². The molecule has 10 heavy (non-hydrogen) atoms. The molecule has 1 rings (SSSR count). The molecule has 0 aromatic heterocycles. The Labute approximate surface area is 67.4 Å². The van der Waals surface area contributed by atoms with Crippen LogP contribution in [0.4, 0.5) is 0 Å². The van der Waals surface area contributed by atoms with Crippen LogP contribution in [-0.4, -0.2) is 11.0 Å². The molecule has 1 heteroatoms. The van der Waals surface area contributed by atoms with Crippen molar-refractivity contribution >= 4 is 11.8 Å². The van der Waals surface area contributed by atoms with E-state index in [-0.39, 0.29) is 0 Å². The number of thioether (sulfide) groups is 1. The van der Waals surface area contributed by atoms with Gasteiger partial charge in [0.25, 0.3) is 0 Å². The summed E-state index contributed by atoms with van der Waals surface area (Å²) in [5.74, 6) is 2.54. The van der Waals surface area contributed by atoms with Gasteiger partial charge in [-0.2, -0.15) is 11.8 Å². The first kappa shape index (κ1) is 7.93. The molecule has 0 aromatic carbocycles. The highest BCUT2D eigenvalue weighted by Gasteiger charge is 2.29. The van der Waals surface area contributed by atoms with Crippen molar-refractivity contribution in [2.45, 2.75) is 12.2 Å². The first-order chi connectivity index (χ1) is 4.79. The van der Waals surface area contributed by atoms with Crippen molar-refractivity contribution in [3.8, 4) is 0 Å². The summed E-state index contributed by atoms with van der Waals surface area (Å²) in [5, 5.41) is 0.737. The van der Waals surface area contributed by atoms with E-state index in [1.54, 1.807) is 0 Å². The van der Waals surface area contributed by atoms with E-state index >= 15 is 0 Å².